The van der Waals surface area contributed by atoms with Gasteiger partial charge in [0.15, 0.2) is 0 Å². The van der Waals surface area contributed by atoms with Gasteiger partial charge in [-0.15, -0.1) is 0 Å². The molecular formula is C12H16FNO2S. The maximum absolute atomic E-state index is 13.0. The van der Waals surface area contributed by atoms with Gasteiger partial charge < -0.3 is 15.2 Å². The van der Waals surface area contributed by atoms with Crippen LogP contribution in [0.5, 0.6) is 0 Å². The van der Waals surface area contributed by atoms with E-state index in [1.54, 1.807) is 6.07 Å². The number of hydrogen-bond donors (Lipinski definition) is 1. The average molecular weight is 257 g/mol. The van der Waals surface area contributed by atoms with Crippen LogP contribution in [0, 0.1) is 5.82 Å². The highest BCUT2D eigenvalue weighted by Crippen LogP contribution is 2.12. The monoisotopic (exact) mass is 257 g/mol. The highest BCUT2D eigenvalue weighted by Gasteiger charge is 2.06. The van der Waals surface area contributed by atoms with E-state index >= 15 is 0 Å². The fraction of sp³-hybridized carbons (Fsp3) is 0.417. The number of hydrogen-bond acceptors (Lipinski definition) is 3. The van der Waals surface area contributed by atoms with E-state index in [2.05, 4.69) is 0 Å². The fourth-order valence-corrected chi connectivity index (χ4v) is 1.54. The molecule has 0 aliphatic rings. The van der Waals surface area contributed by atoms with Crippen molar-refractivity contribution in [1.82, 2.24) is 0 Å². The number of nitrogens with two attached hydrogens (primary N) is 1. The predicted octanol–water partition coefficient (Wildman–Crippen LogP) is 2.01. The lowest BCUT2D eigenvalue weighted by atomic mass is 10.1. The Morgan fingerprint density at radius 1 is 1.35 bits per heavy atom. The van der Waals surface area contributed by atoms with Crippen LogP contribution < -0.4 is 5.73 Å². The summed E-state index contributed by atoms with van der Waals surface area (Å²) in [5.41, 5.74) is 6.83. The number of thiocarbonyl (C=S) groups is 1. The first-order valence-corrected chi connectivity index (χ1v) is 5.79. The Labute approximate surface area is 106 Å². The quantitative estimate of drug-likeness (QED) is 0.599. The standard InChI is InChI=1S/C12H16FNO2S/c1-2-15-5-6-16-8-9-3-4-10(13)7-11(9)12(14)17/h3-4,7H,2,5-6,8H2,1H3,(H2,14,17). The number of ether oxygens (including phenoxy) is 2. The predicted molar refractivity (Wildman–Crippen MR) is 68.4 cm³/mol. The lowest BCUT2D eigenvalue weighted by Crippen LogP contribution is -2.14. The van der Waals surface area contributed by atoms with E-state index in [1.807, 2.05) is 6.92 Å². The van der Waals surface area contributed by atoms with Crippen LogP contribution in [0.2, 0.25) is 0 Å². The average Bonchev–Trinajstić information content (AvgIpc) is 2.30. The van der Waals surface area contributed by atoms with Gasteiger partial charge >= 0.3 is 0 Å². The van der Waals surface area contributed by atoms with Gasteiger partial charge in [0.25, 0.3) is 0 Å². The Hall–Kier alpha value is -1.04. The van der Waals surface area contributed by atoms with Crippen molar-refractivity contribution < 1.29 is 13.9 Å². The Bertz CT molecular complexity index is 385. The van der Waals surface area contributed by atoms with Crippen molar-refractivity contribution in [2.75, 3.05) is 19.8 Å². The van der Waals surface area contributed by atoms with Crippen LogP contribution in [0.4, 0.5) is 4.39 Å². The molecule has 0 bridgehead atoms. The van der Waals surface area contributed by atoms with Crippen LogP contribution >= 0.6 is 12.2 Å². The van der Waals surface area contributed by atoms with Crippen LogP contribution in [0.15, 0.2) is 18.2 Å². The Balaban J connectivity index is 2.55. The maximum Gasteiger partial charge on any atom is 0.123 e. The van der Waals surface area contributed by atoms with Crippen LogP contribution in [0.3, 0.4) is 0 Å². The Kier molecular flexibility index (Phi) is 6.04. The first-order valence-electron chi connectivity index (χ1n) is 5.39. The third kappa shape index (κ3) is 4.77. The highest BCUT2D eigenvalue weighted by atomic mass is 32.1. The smallest absolute Gasteiger partial charge is 0.123 e. The van der Waals surface area contributed by atoms with E-state index in [9.17, 15) is 4.39 Å². The van der Waals surface area contributed by atoms with Crippen molar-refractivity contribution in [2.24, 2.45) is 5.73 Å². The second-order valence-corrected chi connectivity index (χ2v) is 3.86. The van der Waals surface area contributed by atoms with Crippen LogP contribution in [0.1, 0.15) is 18.1 Å². The molecule has 0 spiro atoms. The first-order chi connectivity index (χ1) is 8.15. The summed E-state index contributed by atoms with van der Waals surface area (Å²) in [4.78, 5) is 0.174. The second kappa shape index (κ2) is 7.32. The Morgan fingerprint density at radius 2 is 2.06 bits per heavy atom. The largest absolute Gasteiger partial charge is 0.389 e. The van der Waals surface area contributed by atoms with Gasteiger partial charge in [-0.1, -0.05) is 18.3 Å². The molecule has 0 aliphatic heterocycles. The summed E-state index contributed by atoms with van der Waals surface area (Å²) in [6.45, 7) is 3.96. The minimum atomic E-state index is -0.356. The number of halogens is 1. The Morgan fingerprint density at radius 3 is 2.71 bits per heavy atom. The first kappa shape index (κ1) is 14.0. The van der Waals surface area contributed by atoms with Crippen LogP contribution in [-0.4, -0.2) is 24.8 Å². The number of benzene rings is 1. The van der Waals surface area contributed by atoms with E-state index in [-0.39, 0.29) is 10.8 Å². The minimum Gasteiger partial charge on any atom is -0.389 e. The molecule has 0 atom stereocenters. The van der Waals surface area contributed by atoms with Gasteiger partial charge in [0.05, 0.1) is 19.8 Å². The molecule has 3 nitrogen and oxygen atoms in total. The van der Waals surface area contributed by atoms with Crippen molar-refractivity contribution in [1.29, 1.82) is 0 Å². The van der Waals surface area contributed by atoms with E-state index in [0.29, 0.717) is 32.0 Å². The van der Waals surface area contributed by atoms with E-state index in [4.69, 9.17) is 27.4 Å². The minimum absolute atomic E-state index is 0.174. The van der Waals surface area contributed by atoms with Gasteiger partial charge in [0.2, 0.25) is 0 Å². The van der Waals surface area contributed by atoms with Gasteiger partial charge in [-0.25, -0.2) is 4.39 Å². The zero-order valence-electron chi connectivity index (χ0n) is 9.74. The van der Waals surface area contributed by atoms with Gasteiger partial charge in [0.1, 0.15) is 10.8 Å². The summed E-state index contributed by atoms with van der Waals surface area (Å²) in [5, 5.41) is 0. The lowest BCUT2D eigenvalue weighted by molar-refractivity contribution is 0.0452. The van der Waals surface area contributed by atoms with Gasteiger partial charge in [0, 0.05) is 12.2 Å². The topological polar surface area (TPSA) is 44.5 Å². The summed E-state index contributed by atoms with van der Waals surface area (Å²) in [7, 11) is 0. The highest BCUT2D eigenvalue weighted by molar-refractivity contribution is 7.80. The summed E-state index contributed by atoms with van der Waals surface area (Å²) in [6.07, 6.45) is 0. The van der Waals surface area contributed by atoms with Crippen molar-refractivity contribution in [3.05, 3.63) is 35.1 Å². The molecule has 0 unspecified atom stereocenters. The zero-order chi connectivity index (χ0) is 12.7. The normalized spacial score (nSPS) is 10.5. The van der Waals surface area contributed by atoms with Gasteiger partial charge in [-0.3, -0.25) is 0 Å². The van der Waals surface area contributed by atoms with E-state index in [1.165, 1.54) is 12.1 Å². The van der Waals surface area contributed by atoms with Crippen LogP contribution in [-0.2, 0) is 16.1 Å². The van der Waals surface area contributed by atoms with Crippen molar-refractivity contribution in [3.63, 3.8) is 0 Å². The molecule has 0 fully saturated rings. The summed E-state index contributed by atoms with van der Waals surface area (Å²) < 4.78 is 23.5. The van der Waals surface area contributed by atoms with Crippen molar-refractivity contribution in [2.45, 2.75) is 13.5 Å². The molecule has 0 aromatic heterocycles. The molecule has 0 saturated heterocycles. The molecule has 1 aromatic rings. The molecule has 0 radical (unpaired) electrons. The maximum atomic E-state index is 13.0. The number of rotatable bonds is 7. The SMILES string of the molecule is CCOCCOCc1ccc(F)cc1C(N)=S. The molecular weight excluding hydrogens is 241 g/mol. The lowest BCUT2D eigenvalue weighted by Gasteiger charge is -2.09. The molecule has 17 heavy (non-hydrogen) atoms. The van der Waals surface area contributed by atoms with E-state index < -0.39 is 0 Å². The van der Waals surface area contributed by atoms with Crippen molar-refractivity contribution in [3.8, 4) is 0 Å². The van der Waals surface area contributed by atoms with Gasteiger partial charge in [-0.2, -0.15) is 0 Å². The molecule has 2 N–H and O–H groups in total. The van der Waals surface area contributed by atoms with Gasteiger partial charge in [-0.05, 0) is 24.6 Å². The molecule has 94 valence electrons. The van der Waals surface area contributed by atoms with Crippen molar-refractivity contribution >= 4 is 17.2 Å². The molecule has 0 heterocycles. The fourth-order valence-electron chi connectivity index (χ4n) is 1.35. The summed E-state index contributed by atoms with van der Waals surface area (Å²) >= 11 is 4.86. The zero-order valence-corrected chi connectivity index (χ0v) is 10.6. The molecule has 0 aliphatic carbocycles. The van der Waals surface area contributed by atoms with Crippen LogP contribution in [0.25, 0.3) is 0 Å². The third-order valence-corrected chi connectivity index (χ3v) is 2.39. The van der Waals surface area contributed by atoms with E-state index in [0.717, 1.165) is 5.56 Å². The molecule has 5 heteroatoms. The summed E-state index contributed by atoms with van der Waals surface area (Å²) in [5.74, 6) is -0.356. The summed E-state index contributed by atoms with van der Waals surface area (Å²) in [6, 6.07) is 4.32. The molecule has 1 rings (SSSR count). The third-order valence-electron chi connectivity index (χ3n) is 2.17. The molecule has 1 aromatic carbocycles. The molecule has 0 amide bonds. The second-order valence-electron chi connectivity index (χ2n) is 3.42. The molecule has 0 saturated carbocycles.